The zero-order valence-corrected chi connectivity index (χ0v) is 15.5. The van der Waals surface area contributed by atoms with E-state index in [0.717, 1.165) is 44.8 Å². The van der Waals surface area contributed by atoms with E-state index < -0.39 is 0 Å². The molecule has 0 fully saturated rings. The van der Waals surface area contributed by atoms with E-state index in [2.05, 4.69) is 43.8 Å². The monoisotopic (exact) mass is 372 g/mol. The normalized spacial score (nSPS) is 13.9. The number of aromatic amines is 1. The maximum absolute atomic E-state index is 6.49. The SMILES string of the molecule is CC(Cl)n1c2ccc3nc(c4nc(ccc5ccc([nH]5)c1cc2)C=C4)C=C3. The molecule has 0 saturated heterocycles. The number of H-pyrrole nitrogens is 1. The first kappa shape index (κ1) is 16.1. The maximum Gasteiger partial charge on any atom is 0.106 e. The molecule has 2 aliphatic rings. The van der Waals surface area contributed by atoms with E-state index in [-0.39, 0.29) is 5.50 Å². The molecule has 5 heterocycles. The van der Waals surface area contributed by atoms with Gasteiger partial charge in [0.1, 0.15) is 5.50 Å². The van der Waals surface area contributed by atoms with Crippen molar-refractivity contribution in [1.29, 1.82) is 0 Å². The molecule has 1 unspecified atom stereocenters. The van der Waals surface area contributed by atoms with E-state index >= 15 is 0 Å². The molecule has 5 rings (SSSR count). The van der Waals surface area contributed by atoms with Gasteiger partial charge in [0.15, 0.2) is 0 Å². The summed E-state index contributed by atoms with van der Waals surface area (Å²) in [6.07, 6.45) is 8.01. The molecule has 1 atom stereocenters. The first-order valence-electron chi connectivity index (χ1n) is 8.86. The van der Waals surface area contributed by atoms with Crippen LogP contribution in [0.15, 0.2) is 48.5 Å². The molecule has 3 aromatic heterocycles. The average molecular weight is 373 g/mol. The highest BCUT2D eigenvalue weighted by atomic mass is 35.5. The Bertz CT molecular complexity index is 1260. The largest absolute Gasteiger partial charge is 0.354 e. The van der Waals surface area contributed by atoms with Gasteiger partial charge in [-0.25, -0.2) is 9.97 Å². The molecule has 8 bridgehead atoms. The Hall–Kier alpha value is -3.11. The Kier molecular flexibility index (Phi) is 3.73. The summed E-state index contributed by atoms with van der Waals surface area (Å²) in [5, 5.41) is 0. The number of alkyl halides is 1. The lowest BCUT2D eigenvalue weighted by molar-refractivity contribution is 0.787. The summed E-state index contributed by atoms with van der Waals surface area (Å²) in [6, 6.07) is 16.4. The van der Waals surface area contributed by atoms with Crippen LogP contribution in [0.3, 0.4) is 0 Å². The zero-order chi connectivity index (χ0) is 18.4. The molecular formula is C22H17ClN4. The van der Waals surface area contributed by atoms with Crippen molar-refractivity contribution >= 4 is 58.0 Å². The highest BCUT2D eigenvalue weighted by Gasteiger charge is 2.09. The van der Waals surface area contributed by atoms with E-state index in [1.165, 1.54) is 0 Å². The smallest absolute Gasteiger partial charge is 0.106 e. The highest BCUT2D eigenvalue weighted by molar-refractivity contribution is 6.19. The standard InChI is InChI=1S/C22H17ClN4/c1-14(23)27-18-8-4-17-6-11-20(25-17)19-10-5-15(24-19)2-3-16-7-12-21(26-16)22(27)13-9-18/h2-14,26H,1H3. The summed E-state index contributed by atoms with van der Waals surface area (Å²) in [7, 11) is 0. The minimum atomic E-state index is -0.177. The zero-order valence-electron chi connectivity index (χ0n) is 14.7. The van der Waals surface area contributed by atoms with E-state index in [1.54, 1.807) is 0 Å². The van der Waals surface area contributed by atoms with Gasteiger partial charge in [0, 0.05) is 11.0 Å². The molecule has 5 heteroatoms. The number of rotatable bonds is 1. The number of hydrogen-bond acceptors (Lipinski definition) is 2. The minimum Gasteiger partial charge on any atom is -0.354 e. The molecule has 2 aliphatic heterocycles. The van der Waals surface area contributed by atoms with Crippen molar-refractivity contribution < 1.29 is 0 Å². The van der Waals surface area contributed by atoms with E-state index in [4.69, 9.17) is 11.6 Å². The average Bonchev–Trinajstić information content (AvgIpc) is 3.43. The highest BCUT2D eigenvalue weighted by Crippen LogP contribution is 2.25. The van der Waals surface area contributed by atoms with Gasteiger partial charge in [-0.05, 0) is 79.8 Å². The topological polar surface area (TPSA) is 46.5 Å². The lowest BCUT2D eigenvalue weighted by Crippen LogP contribution is -1.96. The molecule has 0 spiro atoms. The van der Waals surface area contributed by atoms with Gasteiger partial charge >= 0.3 is 0 Å². The fourth-order valence-corrected chi connectivity index (χ4v) is 3.67. The fraction of sp³-hybridized carbons (Fsp3) is 0.0909. The number of halogens is 1. The number of hydrogen-bond donors (Lipinski definition) is 1. The first-order valence-corrected chi connectivity index (χ1v) is 9.30. The summed E-state index contributed by atoms with van der Waals surface area (Å²) in [4.78, 5) is 12.8. The van der Waals surface area contributed by atoms with Crippen LogP contribution < -0.4 is 0 Å². The molecule has 0 saturated carbocycles. The molecule has 27 heavy (non-hydrogen) atoms. The van der Waals surface area contributed by atoms with Crippen molar-refractivity contribution in [1.82, 2.24) is 19.5 Å². The predicted molar refractivity (Wildman–Crippen MR) is 113 cm³/mol. The molecule has 0 amide bonds. The molecule has 132 valence electrons. The van der Waals surface area contributed by atoms with Crippen LogP contribution in [0.2, 0.25) is 0 Å². The Morgan fingerprint density at radius 2 is 1.44 bits per heavy atom. The van der Waals surface area contributed by atoms with Crippen LogP contribution in [-0.2, 0) is 0 Å². The van der Waals surface area contributed by atoms with Crippen LogP contribution in [0.25, 0.3) is 46.4 Å². The van der Waals surface area contributed by atoms with Gasteiger partial charge in [-0.2, -0.15) is 0 Å². The Morgan fingerprint density at radius 3 is 2.15 bits per heavy atom. The summed E-state index contributed by atoms with van der Waals surface area (Å²) in [5.41, 5.74) is 7.52. The van der Waals surface area contributed by atoms with Gasteiger partial charge in [-0.3, -0.25) is 0 Å². The van der Waals surface area contributed by atoms with Crippen molar-refractivity contribution in [3.05, 3.63) is 71.3 Å². The minimum absolute atomic E-state index is 0.177. The third kappa shape index (κ3) is 2.88. The molecule has 1 N–H and O–H groups in total. The number of fused-ring (bicyclic) bond motifs is 10. The van der Waals surface area contributed by atoms with Crippen LogP contribution in [0.1, 0.15) is 35.2 Å². The van der Waals surface area contributed by atoms with Crippen molar-refractivity contribution in [2.24, 2.45) is 0 Å². The third-order valence-electron chi connectivity index (χ3n) is 4.73. The second-order valence-electron chi connectivity index (χ2n) is 6.59. The van der Waals surface area contributed by atoms with Gasteiger partial charge in [0.25, 0.3) is 0 Å². The van der Waals surface area contributed by atoms with Gasteiger partial charge in [-0.1, -0.05) is 11.6 Å². The quantitative estimate of drug-likeness (QED) is 0.373. The third-order valence-corrected chi connectivity index (χ3v) is 4.93. The van der Waals surface area contributed by atoms with Crippen molar-refractivity contribution in [2.45, 2.75) is 12.4 Å². The molecule has 4 nitrogen and oxygen atoms in total. The van der Waals surface area contributed by atoms with Crippen LogP contribution in [0.4, 0.5) is 0 Å². The Balaban J connectivity index is 1.89. The van der Waals surface area contributed by atoms with Gasteiger partial charge in [0.05, 0.1) is 33.8 Å². The van der Waals surface area contributed by atoms with Gasteiger partial charge < -0.3 is 9.55 Å². The summed E-state index contributed by atoms with van der Waals surface area (Å²) < 4.78 is 2.11. The van der Waals surface area contributed by atoms with Gasteiger partial charge in [0.2, 0.25) is 0 Å². The van der Waals surface area contributed by atoms with Crippen LogP contribution in [-0.4, -0.2) is 19.5 Å². The van der Waals surface area contributed by atoms with E-state index in [9.17, 15) is 0 Å². The van der Waals surface area contributed by atoms with Crippen LogP contribution in [0.5, 0.6) is 0 Å². The predicted octanol–water partition coefficient (Wildman–Crippen LogP) is 5.89. The second-order valence-corrected chi connectivity index (χ2v) is 7.22. The van der Waals surface area contributed by atoms with Gasteiger partial charge in [-0.15, -0.1) is 0 Å². The molecule has 0 radical (unpaired) electrons. The van der Waals surface area contributed by atoms with Crippen LogP contribution in [0, 0.1) is 0 Å². The van der Waals surface area contributed by atoms with Crippen molar-refractivity contribution in [3.8, 4) is 0 Å². The van der Waals surface area contributed by atoms with Crippen LogP contribution >= 0.6 is 11.6 Å². The Morgan fingerprint density at radius 1 is 0.815 bits per heavy atom. The number of nitrogens with one attached hydrogen (secondary N) is 1. The van der Waals surface area contributed by atoms with E-state index in [1.807, 2.05) is 55.5 Å². The lowest BCUT2D eigenvalue weighted by Gasteiger charge is -2.08. The number of nitrogens with zero attached hydrogens (tertiary/aromatic N) is 3. The van der Waals surface area contributed by atoms with Crippen molar-refractivity contribution in [2.75, 3.05) is 0 Å². The molecule has 0 aliphatic carbocycles. The molecular weight excluding hydrogens is 356 g/mol. The summed E-state index contributed by atoms with van der Waals surface area (Å²) in [6.45, 7) is 1.97. The number of aromatic nitrogens is 4. The van der Waals surface area contributed by atoms with E-state index in [0.29, 0.717) is 0 Å². The Labute approximate surface area is 161 Å². The van der Waals surface area contributed by atoms with Crippen molar-refractivity contribution in [3.63, 3.8) is 0 Å². The first-order chi connectivity index (χ1) is 13.2. The summed E-state index contributed by atoms with van der Waals surface area (Å²) in [5.74, 6) is 0. The lowest BCUT2D eigenvalue weighted by atomic mass is 10.3. The second kappa shape index (κ2) is 6.25. The molecule has 0 aromatic carbocycles. The fourth-order valence-electron chi connectivity index (χ4n) is 3.45. The molecule has 3 aromatic rings. The summed E-state index contributed by atoms with van der Waals surface area (Å²) >= 11 is 6.49. The maximum atomic E-state index is 6.49.